The van der Waals surface area contributed by atoms with Gasteiger partial charge in [-0.05, 0) is 62.2 Å². The highest BCUT2D eigenvalue weighted by Gasteiger charge is 2.39. The molecule has 0 heterocycles. The van der Waals surface area contributed by atoms with Crippen molar-refractivity contribution in [2.45, 2.75) is 46.5 Å². The molecule has 0 amide bonds. The van der Waals surface area contributed by atoms with Crippen LogP contribution >= 0.6 is 0 Å². The molecule has 0 spiro atoms. The smallest absolute Gasteiger partial charge is 0.0499 e. The fourth-order valence-electron chi connectivity index (χ4n) is 4.06. The predicted octanol–water partition coefficient (Wildman–Crippen LogP) is 3.73. The Bertz CT molecular complexity index is 198. The van der Waals surface area contributed by atoms with E-state index >= 15 is 0 Å². The first kappa shape index (κ1) is 11.4. The van der Waals surface area contributed by atoms with Gasteiger partial charge in [0.2, 0.25) is 0 Å². The Hall–Kier alpha value is -0.0400. The summed E-state index contributed by atoms with van der Waals surface area (Å²) in [5.74, 6) is 4.71. The summed E-state index contributed by atoms with van der Waals surface area (Å²) in [5.41, 5.74) is 0. The molecule has 0 N–H and O–H groups in total. The first-order valence-corrected chi connectivity index (χ1v) is 6.78. The fraction of sp³-hybridized carbons (Fsp3) is 1.00. The van der Waals surface area contributed by atoms with Gasteiger partial charge in [-0.25, -0.2) is 0 Å². The molecule has 0 aromatic heterocycles. The van der Waals surface area contributed by atoms with Crippen LogP contribution < -0.4 is 0 Å². The lowest BCUT2D eigenvalue weighted by Crippen LogP contribution is -2.39. The van der Waals surface area contributed by atoms with Gasteiger partial charge in [0.1, 0.15) is 0 Å². The second-order valence-electron chi connectivity index (χ2n) is 5.97. The third-order valence-corrected chi connectivity index (χ3v) is 4.63. The quantitative estimate of drug-likeness (QED) is 0.689. The van der Waals surface area contributed by atoms with Crippen LogP contribution in [0.4, 0.5) is 0 Å². The molecule has 2 fully saturated rings. The first-order valence-electron chi connectivity index (χ1n) is 6.78. The Morgan fingerprint density at radius 3 is 2.60 bits per heavy atom. The Labute approximate surface area is 94.6 Å². The van der Waals surface area contributed by atoms with E-state index in [-0.39, 0.29) is 0 Å². The van der Waals surface area contributed by atoms with Crippen LogP contribution in [0, 0.1) is 29.6 Å². The lowest BCUT2D eigenvalue weighted by molar-refractivity contribution is -0.0106. The van der Waals surface area contributed by atoms with E-state index in [4.69, 9.17) is 4.74 Å². The third-order valence-electron chi connectivity index (χ3n) is 4.63. The Balaban J connectivity index is 1.96. The van der Waals surface area contributed by atoms with Gasteiger partial charge in [0, 0.05) is 13.2 Å². The van der Waals surface area contributed by atoms with E-state index in [9.17, 15) is 0 Å². The third kappa shape index (κ3) is 2.55. The SMILES string of the molecule is CCOCC1C(C)CC2CC(C)CC1C2. The lowest BCUT2D eigenvalue weighted by Gasteiger charge is -2.46. The largest absolute Gasteiger partial charge is 0.381 e. The number of hydrogen-bond acceptors (Lipinski definition) is 1. The van der Waals surface area contributed by atoms with Crippen LogP contribution in [0.25, 0.3) is 0 Å². The molecule has 5 unspecified atom stereocenters. The second-order valence-corrected chi connectivity index (χ2v) is 5.97. The summed E-state index contributed by atoms with van der Waals surface area (Å²) in [7, 11) is 0. The molecule has 0 aromatic rings. The maximum absolute atomic E-state index is 5.67. The van der Waals surface area contributed by atoms with Crippen molar-refractivity contribution in [3.8, 4) is 0 Å². The van der Waals surface area contributed by atoms with Gasteiger partial charge in [0.05, 0.1) is 0 Å². The molecular weight excluding hydrogens is 184 g/mol. The molecule has 88 valence electrons. The molecule has 0 aromatic carbocycles. The molecule has 2 aliphatic carbocycles. The van der Waals surface area contributed by atoms with Crippen LogP contribution in [0.15, 0.2) is 0 Å². The van der Waals surface area contributed by atoms with Gasteiger partial charge in [-0.1, -0.05) is 13.8 Å². The van der Waals surface area contributed by atoms with E-state index in [0.717, 1.165) is 42.8 Å². The van der Waals surface area contributed by atoms with Crippen molar-refractivity contribution in [1.82, 2.24) is 0 Å². The van der Waals surface area contributed by atoms with Crippen LogP contribution in [0.1, 0.15) is 46.5 Å². The van der Waals surface area contributed by atoms with Gasteiger partial charge < -0.3 is 4.74 Å². The molecular formula is C14H26O. The molecule has 5 atom stereocenters. The van der Waals surface area contributed by atoms with Crippen LogP contribution in [0.2, 0.25) is 0 Å². The van der Waals surface area contributed by atoms with Gasteiger partial charge in [-0.3, -0.25) is 0 Å². The van der Waals surface area contributed by atoms with Gasteiger partial charge in [0.25, 0.3) is 0 Å². The molecule has 1 heteroatoms. The molecule has 15 heavy (non-hydrogen) atoms. The number of ether oxygens (including phenoxy) is 1. The Morgan fingerprint density at radius 1 is 1.07 bits per heavy atom. The molecule has 2 saturated carbocycles. The average molecular weight is 210 g/mol. The van der Waals surface area contributed by atoms with Gasteiger partial charge in [0.15, 0.2) is 0 Å². The molecule has 1 nitrogen and oxygen atoms in total. The zero-order valence-corrected chi connectivity index (χ0v) is 10.5. The van der Waals surface area contributed by atoms with Gasteiger partial charge >= 0.3 is 0 Å². The molecule has 0 radical (unpaired) electrons. The second kappa shape index (κ2) is 4.86. The van der Waals surface area contributed by atoms with Crippen LogP contribution in [-0.2, 0) is 4.74 Å². The average Bonchev–Trinajstić information content (AvgIpc) is 2.16. The van der Waals surface area contributed by atoms with E-state index in [1.54, 1.807) is 0 Å². The van der Waals surface area contributed by atoms with E-state index in [0.29, 0.717) is 0 Å². The van der Waals surface area contributed by atoms with E-state index < -0.39 is 0 Å². The van der Waals surface area contributed by atoms with Crippen molar-refractivity contribution in [3.05, 3.63) is 0 Å². The highest BCUT2D eigenvalue weighted by Crippen LogP contribution is 2.47. The van der Waals surface area contributed by atoms with E-state index in [2.05, 4.69) is 20.8 Å². The van der Waals surface area contributed by atoms with E-state index in [1.165, 1.54) is 25.7 Å². The predicted molar refractivity (Wildman–Crippen MR) is 63.8 cm³/mol. The maximum Gasteiger partial charge on any atom is 0.0499 e. The molecule has 2 aliphatic rings. The van der Waals surface area contributed by atoms with Gasteiger partial charge in [-0.2, -0.15) is 0 Å². The van der Waals surface area contributed by atoms with Crippen molar-refractivity contribution >= 4 is 0 Å². The minimum Gasteiger partial charge on any atom is -0.381 e. The summed E-state index contributed by atoms with van der Waals surface area (Å²) >= 11 is 0. The fourth-order valence-corrected chi connectivity index (χ4v) is 4.06. The summed E-state index contributed by atoms with van der Waals surface area (Å²) in [4.78, 5) is 0. The number of hydrogen-bond donors (Lipinski definition) is 0. The maximum atomic E-state index is 5.67. The highest BCUT2D eigenvalue weighted by atomic mass is 16.5. The van der Waals surface area contributed by atoms with Crippen LogP contribution in [0.5, 0.6) is 0 Å². The Morgan fingerprint density at radius 2 is 1.87 bits per heavy atom. The summed E-state index contributed by atoms with van der Waals surface area (Å²) in [6.07, 6.45) is 5.89. The normalized spacial score (nSPS) is 45.4. The first-order chi connectivity index (χ1) is 7.20. The van der Waals surface area contributed by atoms with Crippen molar-refractivity contribution in [3.63, 3.8) is 0 Å². The van der Waals surface area contributed by atoms with Crippen LogP contribution in [-0.4, -0.2) is 13.2 Å². The van der Waals surface area contributed by atoms with Crippen molar-refractivity contribution in [2.24, 2.45) is 29.6 Å². The highest BCUT2D eigenvalue weighted by molar-refractivity contribution is 4.89. The summed E-state index contributed by atoms with van der Waals surface area (Å²) in [6, 6.07) is 0. The standard InChI is InChI=1S/C14H26O/c1-4-15-9-14-11(3)7-12-5-10(2)6-13(14)8-12/h10-14H,4-9H2,1-3H3. The summed E-state index contributed by atoms with van der Waals surface area (Å²) in [5, 5.41) is 0. The minimum atomic E-state index is 0.851. The zero-order valence-electron chi connectivity index (χ0n) is 10.5. The molecule has 2 bridgehead atoms. The number of fused-ring (bicyclic) bond motifs is 2. The minimum absolute atomic E-state index is 0.851. The van der Waals surface area contributed by atoms with E-state index in [1.807, 2.05) is 0 Å². The number of rotatable bonds is 3. The molecule has 2 rings (SSSR count). The lowest BCUT2D eigenvalue weighted by atomic mass is 9.60. The summed E-state index contributed by atoms with van der Waals surface area (Å²) in [6.45, 7) is 8.89. The van der Waals surface area contributed by atoms with Crippen molar-refractivity contribution in [2.75, 3.05) is 13.2 Å². The monoisotopic (exact) mass is 210 g/mol. The zero-order chi connectivity index (χ0) is 10.8. The summed E-state index contributed by atoms with van der Waals surface area (Å²) < 4.78 is 5.67. The van der Waals surface area contributed by atoms with Gasteiger partial charge in [-0.15, -0.1) is 0 Å². The topological polar surface area (TPSA) is 9.23 Å². The Kier molecular flexibility index (Phi) is 3.71. The van der Waals surface area contributed by atoms with Crippen molar-refractivity contribution < 1.29 is 4.74 Å². The van der Waals surface area contributed by atoms with Crippen LogP contribution in [0.3, 0.4) is 0 Å². The van der Waals surface area contributed by atoms with Crippen molar-refractivity contribution in [1.29, 1.82) is 0 Å². The molecule has 0 saturated heterocycles. The molecule has 0 aliphatic heterocycles.